The molecule has 0 aliphatic carbocycles. The van der Waals surface area contributed by atoms with Gasteiger partial charge < -0.3 is 19.6 Å². The van der Waals surface area contributed by atoms with Crippen LogP contribution in [0.3, 0.4) is 0 Å². The molecule has 1 heterocycles. The molecule has 3 N–H and O–H groups in total. The minimum Gasteiger partial charge on any atom is -0.507 e. The van der Waals surface area contributed by atoms with Crippen LogP contribution in [0.1, 0.15) is 35.7 Å². The van der Waals surface area contributed by atoms with E-state index in [0.717, 1.165) is 16.3 Å². The van der Waals surface area contributed by atoms with Gasteiger partial charge in [-0.05, 0) is 76.9 Å². The van der Waals surface area contributed by atoms with Crippen molar-refractivity contribution in [1.29, 1.82) is 0 Å². The monoisotopic (exact) mass is 511 g/mol. The summed E-state index contributed by atoms with van der Waals surface area (Å²) in [7, 11) is 1.52. The number of phenols is 1. The molecule has 0 spiro atoms. The van der Waals surface area contributed by atoms with Crippen LogP contribution in [0.15, 0.2) is 77.2 Å². The van der Waals surface area contributed by atoms with Gasteiger partial charge in [0.1, 0.15) is 17.0 Å². The Balaban J connectivity index is 1.36. The number of rotatable bonds is 5. The number of hydrogen-bond donors (Lipinski definition) is 3. The number of phenolic OH excluding ortho intramolecular Hbond substituents is 1. The number of carbonyl (C=O) groups excluding carboxylic acids is 1. The average Bonchev–Trinajstić information content (AvgIpc) is 3.32. The number of nitrogens with zero attached hydrogens (tertiary/aromatic N) is 1. The SMILES string of the molecule is COc1cc2ccccc2cc1C(=O)NC(=S)Nc1ccc(O)c(-c2nc3cc(C(C)C)ccc3o2)c1. The Bertz CT molecular complexity index is 1660. The van der Waals surface area contributed by atoms with Crippen molar-refractivity contribution in [2.75, 3.05) is 12.4 Å². The molecule has 0 radical (unpaired) electrons. The van der Waals surface area contributed by atoms with E-state index < -0.39 is 5.91 Å². The molecule has 8 heteroatoms. The maximum Gasteiger partial charge on any atom is 0.261 e. The summed E-state index contributed by atoms with van der Waals surface area (Å²) in [5, 5.41) is 18.1. The van der Waals surface area contributed by atoms with E-state index in [1.165, 1.54) is 13.2 Å². The summed E-state index contributed by atoms with van der Waals surface area (Å²) in [6, 6.07) is 22.0. The zero-order valence-corrected chi connectivity index (χ0v) is 21.3. The van der Waals surface area contributed by atoms with Gasteiger partial charge in [0.05, 0.1) is 18.2 Å². The second kappa shape index (κ2) is 9.91. The molecular weight excluding hydrogens is 486 g/mol. The smallest absolute Gasteiger partial charge is 0.261 e. The molecule has 0 bridgehead atoms. The summed E-state index contributed by atoms with van der Waals surface area (Å²) in [4.78, 5) is 17.6. The number of nitrogens with one attached hydrogen (secondary N) is 2. The van der Waals surface area contributed by atoms with E-state index in [0.29, 0.717) is 39.6 Å². The third-order valence-corrected chi connectivity index (χ3v) is 6.31. The second-order valence-electron chi connectivity index (χ2n) is 8.94. The largest absolute Gasteiger partial charge is 0.507 e. The van der Waals surface area contributed by atoms with Crippen LogP contribution in [-0.4, -0.2) is 28.2 Å². The third kappa shape index (κ3) is 4.96. The first-order valence-electron chi connectivity index (χ1n) is 11.8. The van der Waals surface area contributed by atoms with Gasteiger partial charge in [0.15, 0.2) is 10.7 Å². The summed E-state index contributed by atoms with van der Waals surface area (Å²) < 4.78 is 11.3. The molecule has 5 aromatic rings. The number of aromatic hydroxyl groups is 1. The number of amides is 1. The van der Waals surface area contributed by atoms with Crippen molar-refractivity contribution >= 4 is 50.8 Å². The normalized spacial score (nSPS) is 11.1. The van der Waals surface area contributed by atoms with Gasteiger partial charge in [0.2, 0.25) is 5.89 Å². The van der Waals surface area contributed by atoms with Gasteiger partial charge in [-0.1, -0.05) is 44.2 Å². The first kappa shape index (κ1) is 24.3. The predicted molar refractivity (Wildman–Crippen MR) is 149 cm³/mol. The number of ether oxygens (including phenoxy) is 1. The highest BCUT2D eigenvalue weighted by Crippen LogP contribution is 2.34. The molecule has 5 rings (SSSR count). The lowest BCUT2D eigenvalue weighted by molar-refractivity contribution is 0.0975. The van der Waals surface area contributed by atoms with E-state index in [9.17, 15) is 9.90 Å². The molecule has 1 amide bonds. The van der Waals surface area contributed by atoms with Gasteiger partial charge in [0, 0.05) is 5.69 Å². The third-order valence-electron chi connectivity index (χ3n) is 6.10. The van der Waals surface area contributed by atoms with Crippen LogP contribution in [0.2, 0.25) is 0 Å². The summed E-state index contributed by atoms with van der Waals surface area (Å²) >= 11 is 5.39. The Labute approximate surface area is 219 Å². The number of thiocarbonyl (C=S) groups is 1. The quantitative estimate of drug-likeness (QED) is 0.180. The Morgan fingerprint density at radius 2 is 1.78 bits per heavy atom. The molecule has 4 aromatic carbocycles. The zero-order chi connectivity index (χ0) is 26.1. The van der Waals surface area contributed by atoms with Gasteiger partial charge in [-0.2, -0.15) is 0 Å². The number of oxazole rings is 1. The van der Waals surface area contributed by atoms with Crippen LogP contribution in [0.4, 0.5) is 5.69 Å². The Kier molecular flexibility index (Phi) is 6.50. The van der Waals surface area contributed by atoms with Gasteiger partial charge in [-0.3, -0.25) is 10.1 Å². The van der Waals surface area contributed by atoms with Crippen molar-refractivity contribution < 1.29 is 19.1 Å². The minimum atomic E-state index is -0.404. The lowest BCUT2D eigenvalue weighted by atomic mass is 10.0. The van der Waals surface area contributed by atoms with E-state index in [-0.39, 0.29) is 16.8 Å². The summed E-state index contributed by atoms with van der Waals surface area (Å²) in [5.41, 5.74) is 3.81. The van der Waals surface area contributed by atoms with Crippen LogP contribution in [0.5, 0.6) is 11.5 Å². The van der Waals surface area contributed by atoms with Crippen LogP contribution >= 0.6 is 12.2 Å². The standard InChI is InChI=1S/C29H25N3O4S/c1-16(2)17-8-11-25-23(13-17)31-28(36-25)21-15-20(9-10-24(21)33)30-29(37)32-27(34)22-12-18-6-4-5-7-19(18)14-26(22)35-3/h4-16,33H,1-3H3,(H2,30,32,34,37). The van der Waals surface area contributed by atoms with Crippen molar-refractivity contribution in [1.82, 2.24) is 10.3 Å². The van der Waals surface area contributed by atoms with Crippen molar-refractivity contribution in [3.63, 3.8) is 0 Å². The molecule has 37 heavy (non-hydrogen) atoms. The van der Waals surface area contributed by atoms with Crippen LogP contribution in [-0.2, 0) is 0 Å². The predicted octanol–water partition coefficient (Wildman–Crippen LogP) is 6.61. The topological polar surface area (TPSA) is 96.6 Å². The highest BCUT2D eigenvalue weighted by Gasteiger charge is 2.17. The molecule has 0 atom stereocenters. The number of aromatic nitrogens is 1. The molecule has 0 saturated carbocycles. The van der Waals surface area contributed by atoms with Gasteiger partial charge in [0.25, 0.3) is 5.91 Å². The molecule has 0 aliphatic heterocycles. The fraction of sp³-hybridized carbons (Fsp3) is 0.138. The van der Waals surface area contributed by atoms with Gasteiger partial charge in [-0.25, -0.2) is 4.98 Å². The first-order chi connectivity index (χ1) is 17.8. The van der Waals surface area contributed by atoms with Gasteiger partial charge >= 0.3 is 0 Å². The highest BCUT2D eigenvalue weighted by molar-refractivity contribution is 7.80. The van der Waals surface area contributed by atoms with Gasteiger partial charge in [-0.15, -0.1) is 0 Å². The molecule has 186 valence electrons. The average molecular weight is 512 g/mol. The highest BCUT2D eigenvalue weighted by atomic mass is 32.1. The van der Waals surface area contributed by atoms with E-state index in [2.05, 4.69) is 29.5 Å². The minimum absolute atomic E-state index is 0.0112. The van der Waals surface area contributed by atoms with E-state index in [4.69, 9.17) is 21.4 Å². The van der Waals surface area contributed by atoms with Crippen molar-refractivity contribution in [3.8, 4) is 23.0 Å². The zero-order valence-electron chi connectivity index (χ0n) is 20.5. The maximum absolute atomic E-state index is 13.0. The van der Waals surface area contributed by atoms with Crippen LogP contribution in [0.25, 0.3) is 33.3 Å². The Hall–Kier alpha value is -4.43. The number of benzene rings is 4. The van der Waals surface area contributed by atoms with Crippen LogP contribution < -0.4 is 15.4 Å². The number of fused-ring (bicyclic) bond motifs is 2. The molecule has 0 fully saturated rings. The summed E-state index contributed by atoms with van der Waals surface area (Å²) in [6.07, 6.45) is 0. The number of methoxy groups -OCH3 is 1. The second-order valence-corrected chi connectivity index (χ2v) is 9.35. The van der Waals surface area contributed by atoms with Crippen molar-refractivity contribution in [3.05, 3.63) is 83.9 Å². The summed E-state index contributed by atoms with van der Waals surface area (Å²) in [6.45, 7) is 4.22. The lowest BCUT2D eigenvalue weighted by Crippen LogP contribution is -2.34. The van der Waals surface area contributed by atoms with E-state index >= 15 is 0 Å². The Morgan fingerprint density at radius 1 is 1.03 bits per heavy atom. The van der Waals surface area contributed by atoms with Crippen molar-refractivity contribution in [2.45, 2.75) is 19.8 Å². The number of carbonyl (C=O) groups is 1. The van der Waals surface area contributed by atoms with E-state index in [1.807, 2.05) is 48.5 Å². The summed E-state index contributed by atoms with van der Waals surface area (Å²) in [5.74, 6) is 0.697. The van der Waals surface area contributed by atoms with Crippen LogP contribution in [0, 0.1) is 0 Å². The fourth-order valence-corrected chi connectivity index (χ4v) is 4.31. The molecule has 0 aliphatic rings. The van der Waals surface area contributed by atoms with E-state index in [1.54, 1.807) is 18.2 Å². The maximum atomic E-state index is 13.0. The fourth-order valence-electron chi connectivity index (χ4n) is 4.10. The molecular formula is C29H25N3O4S. The molecule has 0 unspecified atom stereocenters. The molecule has 7 nitrogen and oxygen atoms in total. The van der Waals surface area contributed by atoms with Crippen molar-refractivity contribution in [2.24, 2.45) is 0 Å². The number of hydrogen-bond acceptors (Lipinski definition) is 6. The lowest BCUT2D eigenvalue weighted by Gasteiger charge is -2.13. The number of anilines is 1. The molecule has 0 saturated heterocycles. The first-order valence-corrected chi connectivity index (χ1v) is 12.2. The molecule has 1 aromatic heterocycles. The Morgan fingerprint density at radius 3 is 2.51 bits per heavy atom.